The number of rotatable bonds is 5. The average Bonchev–Trinajstić information content (AvgIpc) is 3.06. The largest absolute Gasteiger partial charge is 0.497 e. The monoisotopic (exact) mass is 375 g/mol. The molecule has 7 heteroatoms. The predicted octanol–water partition coefficient (Wildman–Crippen LogP) is 4.19. The number of ether oxygens (including phenoxy) is 2. The summed E-state index contributed by atoms with van der Waals surface area (Å²) in [6.07, 6.45) is 0. The van der Waals surface area contributed by atoms with Gasteiger partial charge in [-0.1, -0.05) is 24.3 Å². The van der Waals surface area contributed by atoms with Crippen molar-refractivity contribution in [2.24, 2.45) is 0 Å². The summed E-state index contributed by atoms with van der Waals surface area (Å²) in [6, 6.07) is 15.6. The van der Waals surface area contributed by atoms with Crippen LogP contribution in [0.15, 0.2) is 48.5 Å². The molecular formula is C21H21N5O2. The molecule has 142 valence electrons. The Kier molecular flexibility index (Phi) is 4.57. The summed E-state index contributed by atoms with van der Waals surface area (Å²) in [4.78, 5) is 0. The fraction of sp³-hybridized carbons (Fsp3) is 0.190. The van der Waals surface area contributed by atoms with E-state index in [0.29, 0.717) is 17.4 Å². The van der Waals surface area contributed by atoms with Crippen LogP contribution in [0.2, 0.25) is 0 Å². The lowest BCUT2D eigenvalue weighted by Gasteiger charge is -2.14. The molecule has 2 aromatic carbocycles. The summed E-state index contributed by atoms with van der Waals surface area (Å²) in [5, 5.41) is 18.7. The summed E-state index contributed by atoms with van der Waals surface area (Å²) in [6.45, 7) is 3.97. The van der Waals surface area contributed by atoms with Gasteiger partial charge in [-0.2, -0.15) is 5.10 Å². The van der Waals surface area contributed by atoms with Gasteiger partial charge in [-0.3, -0.25) is 0 Å². The Hall–Kier alpha value is -3.61. The Labute approximate surface area is 162 Å². The Morgan fingerprint density at radius 2 is 1.68 bits per heavy atom. The second kappa shape index (κ2) is 7.19. The van der Waals surface area contributed by atoms with Crippen LogP contribution in [0.3, 0.4) is 0 Å². The van der Waals surface area contributed by atoms with E-state index in [9.17, 15) is 0 Å². The van der Waals surface area contributed by atoms with E-state index in [4.69, 9.17) is 9.47 Å². The smallest absolute Gasteiger partial charge is 0.183 e. The number of nitrogens with zero attached hydrogens (tertiary/aromatic N) is 4. The van der Waals surface area contributed by atoms with Gasteiger partial charge < -0.3 is 14.8 Å². The lowest BCUT2D eigenvalue weighted by molar-refractivity contribution is 0.395. The van der Waals surface area contributed by atoms with Crippen molar-refractivity contribution in [2.45, 2.75) is 13.8 Å². The van der Waals surface area contributed by atoms with E-state index >= 15 is 0 Å². The van der Waals surface area contributed by atoms with Crippen molar-refractivity contribution in [1.82, 2.24) is 20.0 Å². The molecule has 7 nitrogen and oxygen atoms in total. The number of methoxy groups -OCH3 is 2. The van der Waals surface area contributed by atoms with Crippen LogP contribution in [-0.2, 0) is 0 Å². The van der Waals surface area contributed by atoms with E-state index in [-0.39, 0.29) is 0 Å². The molecule has 0 fully saturated rings. The zero-order valence-corrected chi connectivity index (χ0v) is 16.2. The van der Waals surface area contributed by atoms with Gasteiger partial charge in [-0.05, 0) is 32.0 Å². The minimum atomic E-state index is 0.643. The standard InChI is InChI=1S/C21H21N5O2/c1-13-11-14(2)26(25-13)21-17-8-6-5-7-16(17)20(23-24-21)22-18-10-9-15(27-3)12-19(18)28-4/h5-12H,1-4H3,(H,22,23). The van der Waals surface area contributed by atoms with Gasteiger partial charge in [0, 0.05) is 22.5 Å². The zero-order chi connectivity index (χ0) is 19.7. The highest BCUT2D eigenvalue weighted by atomic mass is 16.5. The third-order valence-corrected chi connectivity index (χ3v) is 4.54. The molecule has 0 aliphatic heterocycles. The highest BCUT2D eigenvalue weighted by Crippen LogP contribution is 2.33. The van der Waals surface area contributed by atoms with Gasteiger partial charge in [0.1, 0.15) is 11.5 Å². The van der Waals surface area contributed by atoms with Crippen LogP contribution in [0.5, 0.6) is 11.5 Å². The molecule has 0 radical (unpaired) electrons. The first-order valence-electron chi connectivity index (χ1n) is 8.89. The van der Waals surface area contributed by atoms with E-state index in [1.165, 1.54) is 0 Å². The molecule has 0 unspecified atom stereocenters. The van der Waals surface area contributed by atoms with E-state index < -0.39 is 0 Å². The van der Waals surface area contributed by atoms with Gasteiger partial charge >= 0.3 is 0 Å². The van der Waals surface area contributed by atoms with Crippen LogP contribution < -0.4 is 14.8 Å². The van der Waals surface area contributed by atoms with Crippen LogP contribution in [0, 0.1) is 13.8 Å². The maximum absolute atomic E-state index is 5.48. The molecule has 0 amide bonds. The molecule has 0 spiro atoms. The molecule has 0 bridgehead atoms. The molecule has 0 aliphatic carbocycles. The maximum atomic E-state index is 5.48. The Morgan fingerprint density at radius 1 is 0.893 bits per heavy atom. The van der Waals surface area contributed by atoms with Crippen molar-refractivity contribution in [3.8, 4) is 17.3 Å². The highest BCUT2D eigenvalue weighted by molar-refractivity contribution is 5.97. The first-order valence-corrected chi connectivity index (χ1v) is 8.89. The number of aromatic nitrogens is 4. The molecule has 4 rings (SSSR count). The molecule has 2 aromatic heterocycles. The Morgan fingerprint density at radius 3 is 2.36 bits per heavy atom. The normalized spacial score (nSPS) is 10.9. The SMILES string of the molecule is COc1ccc(Nc2nnc(-n3nc(C)cc3C)c3ccccc23)c(OC)c1. The summed E-state index contributed by atoms with van der Waals surface area (Å²) in [5.41, 5.74) is 2.73. The minimum Gasteiger partial charge on any atom is -0.497 e. The van der Waals surface area contributed by atoms with Gasteiger partial charge in [0.15, 0.2) is 11.6 Å². The predicted molar refractivity (Wildman–Crippen MR) is 109 cm³/mol. The topological polar surface area (TPSA) is 74.1 Å². The number of fused-ring (bicyclic) bond motifs is 1. The van der Waals surface area contributed by atoms with Crippen LogP contribution in [0.1, 0.15) is 11.4 Å². The van der Waals surface area contributed by atoms with Crippen LogP contribution in [0.4, 0.5) is 11.5 Å². The highest BCUT2D eigenvalue weighted by Gasteiger charge is 2.15. The zero-order valence-electron chi connectivity index (χ0n) is 16.2. The molecule has 0 saturated carbocycles. The molecule has 0 aliphatic rings. The van der Waals surface area contributed by atoms with Crippen molar-refractivity contribution in [2.75, 3.05) is 19.5 Å². The van der Waals surface area contributed by atoms with E-state index in [1.54, 1.807) is 14.2 Å². The number of hydrogen-bond acceptors (Lipinski definition) is 6. The molecule has 28 heavy (non-hydrogen) atoms. The van der Waals surface area contributed by atoms with Gasteiger partial charge in [-0.15, -0.1) is 10.2 Å². The van der Waals surface area contributed by atoms with Crippen molar-refractivity contribution in [3.63, 3.8) is 0 Å². The van der Waals surface area contributed by atoms with Crippen LogP contribution >= 0.6 is 0 Å². The summed E-state index contributed by atoms with van der Waals surface area (Å²) < 4.78 is 12.6. The second-order valence-electron chi connectivity index (χ2n) is 6.45. The number of anilines is 2. The van der Waals surface area contributed by atoms with Gasteiger partial charge in [-0.25, -0.2) is 4.68 Å². The number of benzene rings is 2. The Bertz CT molecular complexity index is 1150. The number of nitrogens with one attached hydrogen (secondary N) is 1. The van der Waals surface area contributed by atoms with Crippen molar-refractivity contribution >= 4 is 22.3 Å². The molecule has 2 heterocycles. The fourth-order valence-electron chi connectivity index (χ4n) is 3.21. The molecule has 0 saturated heterocycles. The van der Waals surface area contributed by atoms with Gasteiger partial charge in [0.05, 0.1) is 25.6 Å². The molecule has 0 atom stereocenters. The number of aryl methyl sites for hydroxylation is 2. The van der Waals surface area contributed by atoms with Gasteiger partial charge in [0.2, 0.25) is 0 Å². The lowest BCUT2D eigenvalue weighted by atomic mass is 10.1. The Balaban J connectivity index is 1.82. The third-order valence-electron chi connectivity index (χ3n) is 4.54. The van der Waals surface area contributed by atoms with E-state index in [0.717, 1.165) is 33.6 Å². The van der Waals surface area contributed by atoms with Crippen molar-refractivity contribution in [1.29, 1.82) is 0 Å². The lowest BCUT2D eigenvalue weighted by Crippen LogP contribution is -2.07. The van der Waals surface area contributed by atoms with Gasteiger partial charge in [0.25, 0.3) is 0 Å². The second-order valence-corrected chi connectivity index (χ2v) is 6.45. The average molecular weight is 375 g/mol. The molecule has 4 aromatic rings. The first kappa shape index (κ1) is 17.8. The molecule has 1 N–H and O–H groups in total. The maximum Gasteiger partial charge on any atom is 0.183 e. The quantitative estimate of drug-likeness (QED) is 0.564. The third kappa shape index (κ3) is 3.11. The van der Waals surface area contributed by atoms with E-state index in [2.05, 4.69) is 20.6 Å². The van der Waals surface area contributed by atoms with Crippen molar-refractivity contribution in [3.05, 3.63) is 59.9 Å². The van der Waals surface area contributed by atoms with Crippen molar-refractivity contribution < 1.29 is 9.47 Å². The fourth-order valence-corrected chi connectivity index (χ4v) is 3.21. The van der Waals surface area contributed by atoms with Crippen LogP contribution in [-0.4, -0.2) is 34.2 Å². The van der Waals surface area contributed by atoms with Crippen LogP contribution in [0.25, 0.3) is 16.6 Å². The van der Waals surface area contributed by atoms with E-state index in [1.807, 2.05) is 67.1 Å². The summed E-state index contributed by atoms with van der Waals surface area (Å²) in [7, 11) is 3.24. The summed E-state index contributed by atoms with van der Waals surface area (Å²) >= 11 is 0. The summed E-state index contributed by atoms with van der Waals surface area (Å²) in [5.74, 6) is 2.73. The number of hydrogen-bond donors (Lipinski definition) is 1. The molecular weight excluding hydrogens is 354 g/mol. The minimum absolute atomic E-state index is 0.643. The first-order chi connectivity index (χ1) is 13.6.